The van der Waals surface area contributed by atoms with E-state index in [1.165, 1.54) is 33.8 Å². The predicted molar refractivity (Wildman–Crippen MR) is 80.8 cm³/mol. The van der Waals surface area contributed by atoms with Crippen molar-refractivity contribution in [2.75, 3.05) is 6.61 Å². The van der Waals surface area contributed by atoms with Crippen LogP contribution >= 0.6 is 0 Å². The normalized spacial score (nSPS) is 17.5. The van der Waals surface area contributed by atoms with Crippen LogP contribution in [0.2, 0.25) is 0 Å². The van der Waals surface area contributed by atoms with E-state index in [0.717, 1.165) is 12.8 Å². The molecule has 1 aromatic carbocycles. The largest absolute Gasteiger partial charge is 0.395 e. The van der Waals surface area contributed by atoms with Crippen LogP contribution in [0, 0.1) is 0 Å². The zero-order chi connectivity index (χ0) is 13.7. The second kappa shape index (κ2) is 4.06. The van der Waals surface area contributed by atoms with Gasteiger partial charge in [0.15, 0.2) is 0 Å². The zero-order valence-electron chi connectivity index (χ0n) is 11.6. The maximum absolute atomic E-state index is 9.76. The van der Waals surface area contributed by atoms with Crippen molar-refractivity contribution in [2.45, 2.75) is 24.7 Å². The highest BCUT2D eigenvalue weighted by atomic mass is 16.3. The standard InChI is InChI=1S/C17H18N2O/c1-19-15-4-3-12(17(11-20)6-2-7-17)9-13(15)14-10-18-8-5-16(14)19/h3-5,8-10,20H,2,6-7,11H2,1H3. The highest BCUT2D eigenvalue weighted by molar-refractivity contribution is 6.07. The van der Waals surface area contributed by atoms with Crippen LogP contribution in [0.25, 0.3) is 21.8 Å². The van der Waals surface area contributed by atoms with Gasteiger partial charge in [0.1, 0.15) is 0 Å². The third-order valence-corrected chi connectivity index (χ3v) is 5.03. The summed E-state index contributed by atoms with van der Waals surface area (Å²) in [7, 11) is 2.09. The zero-order valence-corrected chi connectivity index (χ0v) is 11.6. The fourth-order valence-corrected chi connectivity index (χ4v) is 3.53. The van der Waals surface area contributed by atoms with Crippen LogP contribution in [-0.4, -0.2) is 21.3 Å². The van der Waals surface area contributed by atoms with Crippen molar-refractivity contribution in [3.05, 3.63) is 42.2 Å². The van der Waals surface area contributed by atoms with Gasteiger partial charge in [-0.1, -0.05) is 12.5 Å². The van der Waals surface area contributed by atoms with Gasteiger partial charge in [-0.05, 0) is 36.6 Å². The Bertz CT molecular complexity index is 794. The quantitative estimate of drug-likeness (QED) is 0.774. The first kappa shape index (κ1) is 11.9. The van der Waals surface area contributed by atoms with Gasteiger partial charge in [-0.3, -0.25) is 4.98 Å². The molecule has 4 rings (SSSR count). The van der Waals surface area contributed by atoms with Gasteiger partial charge < -0.3 is 9.67 Å². The van der Waals surface area contributed by atoms with E-state index in [-0.39, 0.29) is 12.0 Å². The Hall–Kier alpha value is -1.87. The average molecular weight is 266 g/mol. The summed E-state index contributed by atoms with van der Waals surface area (Å²) < 4.78 is 2.21. The first-order valence-corrected chi connectivity index (χ1v) is 7.19. The Balaban J connectivity index is 2.01. The number of rotatable bonds is 2. The molecule has 102 valence electrons. The van der Waals surface area contributed by atoms with Crippen LogP contribution in [0.5, 0.6) is 0 Å². The molecule has 2 aromatic heterocycles. The Morgan fingerprint density at radius 2 is 2.00 bits per heavy atom. The van der Waals surface area contributed by atoms with Crippen LogP contribution < -0.4 is 0 Å². The van der Waals surface area contributed by atoms with Crippen LogP contribution in [0.4, 0.5) is 0 Å². The summed E-state index contributed by atoms with van der Waals surface area (Å²) >= 11 is 0. The van der Waals surface area contributed by atoms with Crippen LogP contribution in [0.1, 0.15) is 24.8 Å². The molecule has 2 heterocycles. The first-order valence-electron chi connectivity index (χ1n) is 7.19. The van der Waals surface area contributed by atoms with Crippen LogP contribution in [0.3, 0.4) is 0 Å². The van der Waals surface area contributed by atoms with E-state index in [1.54, 1.807) is 0 Å². The van der Waals surface area contributed by atoms with Crippen molar-refractivity contribution < 1.29 is 5.11 Å². The lowest BCUT2D eigenvalue weighted by molar-refractivity contribution is 0.120. The lowest BCUT2D eigenvalue weighted by Gasteiger charge is -2.41. The molecule has 3 heteroatoms. The summed E-state index contributed by atoms with van der Waals surface area (Å²) in [5.41, 5.74) is 3.71. The minimum absolute atomic E-state index is 0.00142. The number of nitrogens with zero attached hydrogens (tertiary/aromatic N) is 2. The number of fused-ring (bicyclic) bond motifs is 3. The SMILES string of the molecule is Cn1c2ccncc2c2cc(C3(CO)CCC3)ccc21. The van der Waals surface area contributed by atoms with Gasteiger partial charge >= 0.3 is 0 Å². The summed E-state index contributed by atoms with van der Waals surface area (Å²) in [6.45, 7) is 0.252. The van der Waals surface area contributed by atoms with Gasteiger partial charge in [0.25, 0.3) is 0 Å². The Kier molecular flexibility index (Phi) is 2.42. The molecule has 0 aliphatic heterocycles. The molecule has 0 atom stereocenters. The second-order valence-electron chi connectivity index (χ2n) is 5.98. The lowest BCUT2D eigenvalue weighted by Crippen LogP contribution is -2.37. The fourth-order valence-electron chi connectivity index (χ4n) is 3.53. The first-order chi connectivity index (χ1) is 9.75. The molecule has 1 aliphatic carbocycles. The number of aliphatic hydroxyl groups excluding tert-OH is 1. The van der Waals surface area contributed by atoms with Crippen molar-refractivity contribution in [2.24, 2.45) is 7.05 Å². The Morgan fingerprint density at radius 1 is 1.20 bits per heavy atom. The van der Waals surface area contributed by atoms with Crippen LogP contribution in [0.15, 0.2) is 36.7 Å². The van der Waals surface area contributed by atoms with Crippen molar-refractivity contribution in [3.63, 3.8) is 0 Å². The van der Waals surface area contributed by atoms with Crippen LogP contribution in [-0.2, 0) is 12.5 Å². The highest BCUT2D eigenvalue weighted by Gasteiger charge is 2.38. The molecule has 1 fully saturated rings. The molecule has 0 bridgehead atoms. The van der Waals surface area contributed by atoms with Gasteiger partial charge in [-0.2, -0.15) is 0 Å². The molecule has 0 unspecified atom stereocenters. The third kappa shape index (κ3) is 1.41. The maximum atomic E-state index is 9.76. The van der Waals surface area contributed by atoms with Crippen molar-refractivity contribution in [1.82, 2.24) is 9.55 Å². The lowest BCUT2D eigenvalue weighted by atomic mass is 9.65. The van der Waals surface area contributed by atoms with Gasteiger partial charge in [-0.15, -0.1) is 0 Å². The smallest absolute Gasteiger partial charge is 0.0527 e. The number of hydrogen-bond donors (Lipinski definition) is 1. The van der Waals surface area contributed by atoms with Gasteiger partial charge in [-0.25, -0.2) is 0 Å². The van der Waals surface area contributed by atoms with E-state index in [9.17, 15) is 5.11 Å². The summed E-state index contributed by atoms with van der Waals surface area (Å²) in [4.78, 5) is 4.26. The fraction of sp³-hybridized carbons (Fsp3) is 0.353. The topological polar surface area (TPSA) is 38.0 Å². The average Bonchev–Trinajstić information content (AvgIpc) is 2.73. The molecular formula is C17H18N2O. The molecular weight excluding hydrogens is 248 g/mol. The van der Waals surface area contributed by atoms with Gasteiger partial charge in [0.2, 0.25) is 0 Å². The molecule has 1 aliphatic rings. The Morgan fingerprint density at radius 3 is 2.70 bits per heavy atom. The summed E-state index contributed by atoms with van der Waals surface area (Å²) in [6.07, 6.45) is 7.18. The summed E-state index contributed by atoms with van der Waals surface area (Å²) in [5.74, 6) is 0. The molecule has 0 radical (unpaired) electrons. The molecule has 3 aromatic rings. The van der Waals surface area contributed by atoms with Gasteiger partial charge in [0.05, 0.1) is 12.1 Å². The van der Waals surface area contributed by atoms with Gasteiger partial charge in [0, 0.05) is 41.1 Å². The number of hydrogen-bond acceptors (Lipinski definition) is 2. The van der Waals surface area contributed by atoms with E-state index >= 15 is 0 Å². The Labute approximate surface area is 117 Å². The summed E-state index contributed by atoms with van der Waals surface area (Å²) in [6, 6.07) is 8.68. The number of pyridine rings is 1. The van der Waals surface area contributed by atoms with Crippen molar-refractivity contribution in [1.29, 1.82) is 0 Å². The predicted octanol–water partition coefficient (Wildman–Crippen LogP) is 3.14. The maximum Gasteiger partial charge on any atom is 0.0527 e. The number of benzene rings is 1. The van der Waals surface area contributed by atoms with E-state index < -0.39 is 0 Å². The molecule has 0 saturated heterocycles. The molecule has 0 spiro atoms. The van der Waals surface area contributed by atoms with E-state index in [1.807, 2.05) is 12.4 Å². The number of aryl methyl sites for hydroxylation is 1. The molecule has 1 N–H and O–H groups in total. The van der Waals surface area contributed by atoms with E-state index in [4.69, 9.17) is 0 Å². The molecule has 20 heavy (non-hydrogen) atoms. The highest BCUT2D eigenvalue weighted by Crippen LogP contribution is 2.44. The number of aliphatic hydroxyl groups is 1. The van der Waals surface area contributed by atoms with Crippen molar-refractivity contribution >= 4 is 21.8 Å². The van der Waals surface area contributed by atoms with E-state index in [2.05, 4.69) is 40.9 Å². The molecule has 1 saturated carbocycles. The van der Waals surface area contributed by atoms with Crippen molar-refractivity contribution in [3.8, 4) is 0 Å². The number of aromatic nitrogens is 2. The third-order valence-electron chi connectivity index (χ3n) is 5.03. The minimum atomic E-state index is -0.00142. The monoisotopic (exact) mass is 266 g/mol. The minimum Gasteiger partial charge on any atom is -0.395 e. The molecule has 3 nitrogen and oxygen atoms in total. The molecule has 0 amide bonds. The second-order valence-corrected chi connectivity index (χ2v) is 5.98. The van der Waals surface area contributed by atoms with E-state index in [0.29, 0.717) is 0 Å². The summed E-state index contributed by atoms with van der Waals surface area (Å²) in [5, 5.41) is 12.2.